The van der Waals surface area contributed by atoms with E-state index < -0.39 is 0 Å². The fourth-order valence-electron chi connectivity index (χ4n) is 3.62. The van der Waals surface area contributed by atoms with Crippen LogP contribution in [0, 0.1) is 6.92 Å². The first-order chi connectivity index (χ1) is 12.1. The number of carbonyl (C=O) groups excluding carboxylic acids is 1. The Kier molecular flexibility index (Phi) is 3.64. The van der Waals surface area contributed by atoms with E-state index >= 15 is 0 Å². The Labute approximate surface area is 145 Å². The molecule has 1 atom stereocenters. The lowest BCUT2D eigenvalue weighted by Gasteiger charge is -2.23. The van der Waals surface area contributed by atoms with E-state index in [1.54, 1.807) is 11.0 Å². The normalized spacial score (nSPS) is 16.2. The first-order valence-corrected chi connectivity index (χ1v) is 8.41. The van der Waals surface area contributed by atoms with Crippen LogP contribution in [0.15, 0.2) is 53.6 Å². The molecule has 0 saturated carbocycles. The third-order valence-electron chi connectivity index (χ3n) is 4.84. The van der Waals surface area contributed by atoms with Gasteiger partial charge in [-0.2, -0.15) is 0 Å². The summed E-state index contributed by atoms with van der Waals surface area (Å²) in [4.78, 5) is 31.8. The first-order valence-electron chi connectivity index (χ1n) is 8.41. The summed E-state index contributed by atoms with van der Waals surface area (Å²) in [6.45, 7) is 3.95. The lowest BCUT2D eigenvalue weighted by atomic mass is 10.1. The fourth-order valence-corrected chi connectivity index (χ4v) is 3.62. The summed E-state index contributed by atoms with van der Waals surface area (Å²) in [5.41, 5.74) is 3.58. The summed E-state index contributed by atoms with van der Waals surface area (Å²) in [5, 5.41) is 0.546. The highest BCUT2D eigenvalue weighted by atomic mass is 16.2. The minimum Gasteiger partial charge on any atom is -0.307 e. The maximum absolute atomic E-state index is 12.9. The minimum absolute atomic E-state index is 0.00557. The van der Waals surface area contributed by atoms with E-state index in [-0.39, 0.29) is 24.1 Å². The van der Waals surface area contributed by atoms with Crippen LogP contribution < -0.4 is 10.5 Å². The van der Waals surface area contributed by atoms with Crippen LogP contribution in [0.1, 0.15) is 18.1 Å². The number of amides is 1. The molecule has 5 heteroatoms. The average molecular weight is 333 g/mol. The van der Waals surface area contributed by atoms with Gasteiger partial charge in [-0.25, -0.2) is 4.98 Å². The second-order valence-electron chi connectivity index (χ2n) is 6.59. The highest BCUT2D eigenvalue weighted by Gasteiger charge is 2.30. The van der Waals surface area contributed by atoms with Gasteiger partial charge in [-0.3, -0.25) is 14.2 Å². The third kappa shape index (κ3) is 2.52. The van der Waals surface area contributed by atoms with Crippen LogP contribution in [0.2, 0.25) is 0 Å². The van der Waals surface area contributed by atoms with Crippen molar-refractivity contribution in [2.45, 2.75) is 32.9 Å². The molecule has 25 heavy (non-hydrogen) atoms. The molecule has 3 aromatic rings. The van der Waals surface area contributed by atoms with E-state index in [9.17, 15) is 9.59 Å². The highest BCUT2D eigenvalue weighted by molar-refractivity contribution is 5.96. The third-order valence-corrected chi connectivity index (χ3v) is 4.84. The van der Waals surface area contributed by atoms with Crippen LogP contribution in [0.25, 0.3) is 10.9 Å². The van der Waals surface area contributed by atoms with Crippen molar-refractivity contribution >= 4 is 22.5 Å². The predicted molar refractivity (Wildman–Crippen MR) is 97.8 cm³/mol. The number of aromatic nitrogens is 2. The summed E-state index contributed by atoms with van der Waals surface area (Å²) < 4.78 is 1.40. The molecule has 126 valence electrons. The van der Waals surface area contributed by atoms with E-state index in [2.05, 4.69) is 4.98 Å². The Hall–Kier alpha value is -2.95. The van der Waals surface area contributed by atoms with Crippen molar-refractivity contribution in [1.82, 2.24) is 9.55 Å². The second kappa shape index (κ2) is 5.84. The van der Waals surface area contributed by atoms with E-state index in [0.717, 1.165) is 17.7 Å². The minimum atomic E-state index is -0.179. The largest absolute Gasteiger partial charge is 0.307 e. The molecule has 1 aromatic heterocycles. The molecule has 0 saturated heterocycles. The molecule has 4 rings (SSSR count). The van der Waals surface area contributed by atoms with Gasteiger partial charge in [-0.1, -0.05) is 30.3 Å². The SMILES string of the molecule is Cc1cccc2c(=O)n(CC(=O)N3c4ccccc4C[C@H]3C)cnc12. The van der Waals surface area contributed by atoms with Gasteiger partial charge >= 0.3 is 0 Å². The van der Waals surface area contributed by atoms with Gasteiger partial charge < -0.3 is 4.90 Å². The maximum atomic E-state index is 12.9. The van der Waals surface area contributed by atoms with Gasteiger partial charge in [-0.15, -0.1) is 0 Å². The zero-order chi connectivity index (χ0) is 17.6. The number of anilines is 1. The molecule has 0 N–H and O–H groups in total. The molecule has 0 aliphatic carbocycles. The molecular formula is C20H19N3O2. The number of nitrogens with zero attached hydrogens (tertiary/aromatic N) is 3. The van der Waals surface area contributed by atoms with Crippen molar-refractivity contribution in [3.63, 3.8) is 0 Å². The van der Waals surface area contributed by atoms with Crippen molar-refractivity contribution in [2.24, 2.45) is 0 Å². The van der Waals surface area contributed by atoms with E-state index in [1.165, 1.54) is 16.5 Å². The van der Waals surface area contributed by atoms with E-state index in [0.29, 0.717) is 10.9 Å². The Morgan fingerprint density at radius 3 is 2.84 bits per heavy atom. The average Bonchev–Trinajstić information content (AvgIpc) is 2.93. The molecule has 0 unspecified atom stereocenters. The fraction of sp³-hybridized carbons (Fsp3) is 0.250. The quantitative estimate of drug-likeness (QED) is 0.724. The molecule has 0 spiro atoms. The second-order valence-corrected chi connectivity index (χ2v) is 6.59. The predicted octanol–water partition coefficient (Wildman–Crippen LogP) is 2.68. The van der Waals surface area contributed by atoms with Crippen molar-refractivity contribution in [1.29, 1.82) is 0 Å². The Morgan fingerprint density at radius 1 is 1.20 bits per heavy atom. The number of para-hydroxylation sites is 2. The van der Waals surface area contributed by atoms with Crippen LogP contribution in [0.5, 0.6) is 0 Å². The molecule has 5 nitrogen and oxygen atoms in total. The molecule has 1 amide bonds. The Bertz CT molecular complexity index is 1040. The summed E-state index contributed by atoms with van der Waals surface area (Å²) in [6.07, 6.45) is 2.31. The number of aryl methyl sites for hydroxylation is 1. The number of carbonyl (C=O) groups is 1. The van der Waals surface area contributed by atoms with Gasteiger partial charge in [-0.05, 0) is 43.5 Å². The zero-order valence-electron chi connectivity index (χ0n) is 14.3. The van der Waals surface area contributed by atoms with Crippen molar-refractivity contribution in [3.05, 3.63) is 70.3 Å². The number of fused-ring (bicyclic) bond motifs is 2. The van der Waals surface area contributed by atoms with Gasteiger partial charge in [0.2, 0.25) is 5.91 Å². The molecule has 1 aliphatic rings. The van der Waals surface area contributed by atoms with Crippen molar-refractivity contribution < 1.29 is 4.79 Å². The van der Waals surface area contributed by atoms with Gasteiger partial charge in [0.05, 0.1) is 17.2 Å². The first kappa shape index (κ1) is 15.6. The zero-order valence-corrected chi connectivity index (χ0v) is 14.3. The van der Waals surface area contributed by atoms with Crippen LogP contribution in [-0.4, -0.2) is 21.5 Å². The Morgan fingerprint density at radius 2 is 2.00 bits per heavy atom. The summed E-state index contributed by atoms with van der Waals surface area (Å²) >= 11 is 0. The van der Waals surface area contributed by atoms with Gasteiger partial charge in [0, 0.05) is 11.7 Å². The molecule has 0 radical (unpaired) electrons. The number of benzene rings is 2. The summed E-state index contributed by atoms with van der Waals surface area (Å²) in [6, 6.07) is 13.5. The lowest BCUT2D eigenvalue weighted by Crippen LogP contribution is -2.40. The van der Waals surface area contributed by atoms with Crippen LogP contribution in [-0.2, 0) is 17.8 Å². The maximum Gasteiger partial charge on any atom is 0.261 e. The monoisotopic (exact) mass is 333 g/mol. The molecule has 0 bridgehead atoms. The van der Waals surface area contributed by atoms with Gasteiger partial charge in [0.15, 0.2) is 0 Å². The molecule has 2 aromatic carbocycles. The lowest BCUT2D eigenvalue weighted by molar-refractivity contribution is -0.119. The van der Waals surface area contributed by atoms with E-state index in [1.807, 2.05) is 50.2 Å². The van der Waals surface area contributed by atoms with Gasteiger partial charge in [0.25, 0.3) is 5.56 Å². The van der Waals surface area contributed by atoms with Crippen molar-refractivity contribution in [2.75, 3.05) is 4.90 Å². The Balaban J connectivity index is 1.69. The van der Waals surface area contributed by atoms with Crippen LogP contribution >= 0.6 is 0 Å². The standard InChI is InChI=1S/C20H19N3O2/c1-13-6-5-8-16-19(13)21-12-22(20(16)25)11-18(24)23-14(2)10-15-7-3-4-9-17(15)23/h3-9,12,14H,10-11H2,1-2H3/t14-/m1/s1. The topological polar surface area (TPSA) is 55.2 Å². The summed E-state index contributed by atoms with van der Waals surface area (Å²) in [7, 11) is 0. The summed E-state index contributed by atoms with van der Waals surface area (Å²) in [5.74, 6) is -0.0895. The number of hydrogen-bond acceptors (Lipinski definition) is 3. The number of hydrogen-bond donors (Lipinski definition) is 0. The van der Waals surface area contributed by atoms with E-state index in [4.69, 9.17) is 0 Å². The molecule has 0 fully saturated rings. The number of rotatable bonds is 2. The van der Waals surface area contributed by atoms with Crippen molar-refractivity contribution in [3.8, 4) is 0 Å². The van der Waals surface area contributed by atoms with Crippen LogP contribution in [0.3, 0.4) is 0 Å². The molecule has 1 aliphatic heterocycles. The molecular weight excluding hydrogens is 314 g/mol. The van der Waals surface area contributed by atoms with Crippen LogP contribution in [0.4, 0.5) is 5.69 Å². The molecule has 2 heterocycles. The van der Waals surface area contributed by atoms with Gasteiger partial charge in [0.1, 0.15) is 6.54 Å². The smallest absolute Gasteiger partial charge is 0.261 e. The highest BCUT2D eigenvalue weighted by Crippen LogP contribution is 2.31.